The fourth-order valence-corrected chi connectivity index (χ4v) is 3.78. The summed E-state index contributed by atoms with van der Waals surface area (Å²) in [5, 5.41) is -0.116. The highest BCUT2D eigenvalue weighted by atomic mass is 19.1. The number of hydrogen-bond donors (Lipinski definition) is 1. The zero-order chi connectivity index (χ0) is 23.3. The van der Waals surface area contributed by atoms with Gasteiger partial charge in [-0.3, -0.25) is 9.59 Å². The highest BCUT2D eigenvalue weighted by molar-refractivity contribution is 5.91. The van der Waals surface area contributed by atoms with E-state index < -0.39 is 23.2 Å². The Hall–Kier alpha value is -3.35. The molecule has 0 bridgehead atoms. The first-order valence-corrected chi connectivity index (χ1v) is 10.9. The molecule has 1 amide bonds. The molecule has 1 aromatic heterocycles. The van der Waals surface area contributed by atoms with Crippen LogP contribution in [0.2, 0.25) is 0 Å². The van der Waals surface area contributed by atoms with Crippen molar-refractivity contribution in [3.8, 4) is 22.6 Å². The van der Waals surface area contributed by atoms with Gasteiger partial charge in [-0.15, -0.1) is 0 Å². The van der Waals surface area contributed by atoms with Crippen LogP contribution < -0.4 is 20.6 Å². The molecule has 2 aromatic carbocycles. The summed E-state index contributed by atoms with van der Waals surface area (Å²) < 4.78 is 27.7. The van der Waals surface area contributed by atoms with Crippen LogP contribution in [0.5, 0.6) is 11.5 Å². The second kappa shape index (κ2) is 10.3. The van der Waals surface area contributed by atoms with Crippen LogP contribution in [0.15, 0.2) is 47.4 Å². The molecule has 0 saturated carbocycles. The lowest BCUT2D eigenvalue weighted by molar-refractivity contribution is -0.121. The molecule has 6 nitrogen and oxygen atoms in total. The number of aromatic nitrogens is 1. The lowest BCUT2D eigenvalue weighted by Crippen LogP contribution is -2.28. The van der Waals surface area contributed by atoms with Crippen molar-refractivity contribution in [3.05, 3.63) is 58.6 Å². The fourth-order valence-electron chi connectivity index (χ4n) is 3.78. The lowest BCUT2D eigenvalue weighted by atomic mass is 10.0. The summed E-state index contributed by atoms with van der Waals surface area (Å²) in [4.78, 5) is 25.9. The standard InChI is InChI=1S/C25H29FN2O4/c1-4-6-7-20(25(27)30)28-15-18(16-8-10-17(31-3)11-9-16)24(29)22-19(26)12-13-21(23(22)28)32-14-5-2/h8-13,15,20H,4-7,14H2,1-3H3,(H2,27,30). The molecule has 3 rings (SSSR count). The number of ether oxygens (including phenoxy) is 2. The minimum absolute atomic E-state index is 0.116. The minimum atomic E-state index is -0.749. The number of primary amides is 1. The zero-order valence-corrected chi connectivity index (χ0v) is 18.7. The van der Waals surface area contributed by atoms with Gasteiger partial charge in [0.05, 0.1) is 24.6 Å². The summed E-state index contributed by atoms with van der Waals surface area (Å²) >= 11 is 0. The average molecular weight is 441 g/mol. The van der Waals surface area contributed by atoms with Crippen molar-refractivity contribution in [2.24, 2.45) is 5.73 Å². The van der Waals surface area contributed by atoms with E-state index >= 15 is 4.39 Å². The molecule has 0 spiro atoms. The number of unbranched alkanes of at least 4 members (excludes halogenated alkanes) is 1. The molecule has 0 fully saturated rings. The molecular weight excluding hydrogens is 411 g/mol. The Morgan fingerprint density at radius 3 is 2.44 bits per heavy atom. The van der Waals surface area contributed by atoms with E-state index in [2.05, 4.69) is 0 Å². The predicted octanol–water partition coefficient (Wildman–Crippen LogP) is 4.82. The summed E-state index contributed by atoms with van der Waals surface area (Å²) in [7, 11) is 1.55. The van der Waals surface area contributed by atoms with Gasteiger partial charge in [-0.1, -0.05) is 38.8 Å². The first kappa shape index (κ1) is 23.3. The third-order valence-electron chi connectivity index (χ3n) is 5.45. The molecule has 0 aliphatic rings. The number of methoxy groups -OCH3 is 1. The van der Waals surface area contributed by atoms with E-state index in [0.29, 0.717) is 30.1 Å². The number of benzene rings is 2. The second-order valence-electron chi connectivity index (χ2n) is 7.69. The normalized spacial score (nSPS) is 12.0. The Labute approximate surface area is 186 Å². The molecule has 0 radical (unpaired) electrons. The number of hydrogen-bond acceptors (Lipinski definition) is 4. The Bertz CT molecular complexity index is 1160. The van der Waals surface area contributed by atoms with Gasteiger partial charge in [0.1, 0.15) is 23.4 Å². The number of carbonyl (C=O) groups excluding carboxylic acids is 1. The van der Waals surface area contributed by atoms with E-state index in [9.17, 15) is 9.59 Å². The van der Waals surface area contributed by atoms with Crippen LogP contribution in [0.4, 0.5) is 4.39 Å². The fraction of sp³-hybridized carbons (Fsp3) is 0.360. The van der Waals surface area contributed by atoms with Gasteiger partial charge in [0.15, 0.2) is 5.43 Å². The van der Waals surface area contributed by atoms with Crippen molar-refractivity contribution in [1.29, 1.82) is 0 Å². The highest BCUT2D eigenvalue weighted by Crippen LogP contribution is 2.33. The summed E-state index contributed by atoms with van der Waals surface area (Å²) in [6, 6.07) is 8.88. The number of halogens is 1. The number of pyridine rings is 1. The Morgan fingerprint density at radius 2 is 1.84 bits per heavy atom. The van der Waals surface area contributed by atoms with Crippen molar-refractivity contribution >= 4 is 16.8 Å². The van der Waals surface area contributed by atoms with E-state index in [1.807, 2.05) is 13.8 Å². The van der Waals surface area contributed by atoms with Gasteiger partial charge in [-0.25, -0.2) is 4.39 Å². The Kier molecular flexibility index (Phi) is 7.51. The Morgan fingerprint density at radius 1 is 1.12 bits per heavy atom. The first-order valence-electron chi connectivity index (χ1n) is 10.9. The molecule has 1 unspecified atom stereocenters. The number of rotatable bonds is 10. The van der Waals surface area contributed by atoms with Crippen LogP contribution in [0.25, 0.3) is 22.0 Å². The molecule has 0 saturated heterocycles. The smallest absolute Gasteiger partial charge is 0.240 e. The number of fused-ring (bicyclic) bond motifs is 1. The van der Waals surface area contributed by atoms with Gasteiger partial charge in [-0.05, 0) is 42.7 Å². The maximum absolute atomic E-state index is 15.1. The topological polar surface area (TPSA) is 83.5 Å². The SMILES string of the molecule is CCCCC(C(N)=O)n1cc(-c2ccc(OC)cc2)c(=O)c2c(F)ccc(OCCC)c21. The van der Waals surface area contributed by atoms with E-state index in [-0.39, 0.29) is 16.5 Å². The monoisotopic (exact) mass is 440 g/mol. The van der Waals surface area contributed by atoms with Gasteiger partial charge in [0.2, 0.25) is 5.91 Å². The van der Waals surface area contributed by atoms with Crippen LogP contribution in [0, 0.1) is 5.82 Å². The molecule has 0 aliphatic heterocycles. The van der Waals surface area contributed by atoms with Gasteiger partial charge in [0, 0.05) is 11.8 Å². The van der Waals surface area contributed by atoms with Gasteiger partial charge in [0.25, 0.3) is 0 Å². The molecule has 7 heteroatoms. The summed E-state index contributed by atoms with van der Waals surface area (Å²) in [5.74, 6) is -0.231. The van der Waals surface area contributed by atoms with Gasteiger partial charge < -0.3 is 19.8 Å². The van der Waals surface area contributed by atoms with Crippen LogP contribution in [0.3, 0.4) is 0 Å². The molecular formula is C25H29FN2O4. The van der Waals surface area contributed by atoms with Crippen LogP contribution >= 0.6 is 0 Å². The van der Waals surface area contributed by atoms with Crippen molar-refractivity contribution < 1.29 is 18.7 Å². The summed E-state index contributed by atoms with van der Waals surface area (Å²) in [6.45, 7) is 4.36. The van der Waals surface area contributed by atoms with Crippen LogP contribution in [-0.2, 0) is 4.79 Å². The summed E-state index contributed by atoms with van der Waals surface area (Å²) in [6.07, 6.45) is 4.41. The quantitative estimate of drug-likeness (QED) is 0.490. The highest BCUT2D eigenvalue weighted by Gasteiger charge is 2.25. The Balaban J connectivity index is 2.37. The molecule has 2 N–H and O–H groups in total. The molecule has 0 aliphatic carbocycles. The van der Waals surface area contributed by atoms with Crippen LogP contribution in [-0.4, -0.2) is 24.2 Å². The van der Waals surface area contributed by atoms with Crippen molar-refractivity contribution in [2.45, 2.75) is 45.6 Å². The van der Waals surface area contributed by atoms with E-state index in [1.165, 1.54) is 12.1 Å². The number of nitrogens with zero attached hydrogens (tertiary/aromatic N) is 1. The number of nitrogens with two attached hydrogens (primary N) is 1. The van der Waals surface area contributed by atoms with Crippen molar-refractivity contribution in [1.82, 2.24) is 4.57 Å². The molecule has 3 aromatic rings. The molecule has 1 heterocycles. The number of carbonyl (C=O) groups is 1. The second-order valence-corrected chi connectivity index (χ2v) is 7.69. The molecule has 32 heavy (non-hydrogen) atoms. The van der Waals surface area contributed by atoms with Gasteiger partial charge in [-0.2, -0.15) is 0 Å². The third-order valence-corrected chi connectivity index (χ3v) is 5.45. The van der Waals surface area contributed by atoms with Crippen molar-refractivity contribution in [2.75, 3.05) is 13.7 Å². The average Bonchev–Trinajstić information content (AvgIpc) is 2.79. The molecule has 170 valence electrons. The summed E-state index contributed by atoms with van der Waals surface area (Å²) in [5.41, 5.74) is 6.40. The minimum Gasteiger partial charge on any atom is -0.497 e. The largest absolute Gasteiger partial charge is 0.497 e. The zero-order valence-electron chi connectivity index (χ0n) is 18.7. The lowest BCUT2D eigenvalue weighted by Gasteiger charge is -2.23. The molecule has 1 atom stereocenters. The number of amides is 1. The van der Waals surface area contributed by atoms with Crippen molar-refractivity contribution in [3.63, 3.8) is 0 Å². The van der Waals surface area contributed by atoms with E-state index in [4.69, 9.17) is 15.2 Å². The first-order chi connectivity index (χ1) is 15.4. The third kappa shape index (κ3) is 4.61. The predicted molar refractivity (Wildman–Crippen MR) is 124 cm³/mol. The van der Waals surface area contributed by atoms with E-state index in [1.54, 1.807) is 42.1 Å². The van der Waals surface area contributed by atoms with E-state index in [0.717, 1.165) is 19.3 Å². The van der Waals surface area contributed by atoms with Crippen LogP contribution in [0.1, 0.15) is 45.6 Å². The maximum atomic E-state index is 15.1. The van der Waals surface area contributed by atoms with Gasteiger partial charge >= 0.3 is 0 Å². The maximum Gasteiger partial charge on any atom is 0.240 e.